The van der Waals surface area contributed by atoms with Crippen LogP contribution in [0, 0.1) is 8.73 Å². The number of thiazole rings is 1. The van der Waals surface area contributed by atoms with Gasteiger partial charge in [-0.3, -0.25) is 8.97 Å². The fourth-order valence-electron chi connectivity index (χ4n) is 4.06. The van der Waals surface area contributed by atoms with Gasteiger partial charge in [0.15, 0.2) is 9.60 Å². The lowest BCUT2D eigenvalue weighted by molar-refractivity contribution is 0.0526. The molecular formula is C26H29N5O2S3. The van der Waals surface area contributed by atoms with Gasteiger partial charge in [-0.2, -0.15) is 4.98 Å². The predicted molar refractivity (Wildman–Crippen MR) is 153 cm³/mol. The zero-order chi connectivity index (χ0) is 25.8. The molecule has 0 atom stereocenters. The lowest BCUT2D eigenvalue weighted by Crippen LogP contribution is -2.21. The van der Waals surface area contributed by atoms with Crippen LogP contribution in [0.25, 0.3) is 32.7 Å². The third-order valence-corrected chi connectivity index (χ3v) is 7.64. The highest BCUT2D eigenvalue weighted by atomic mass is 32.1. The van der Waals surface area contributed by atoms with E-state index in [1.165, 1.54) is 31.0 Å². The first-order valence-electron chi connectivity index (χ1n) is 12.0. The Labute approximate surface area is 224 Å². The molecule has 188 valence electrons. The number of carbonyl (C=O) groups excluding carboxylic acids is 1. The van der Waals surface area contributed by atoms with E-state index in [4.69, 9.17) is 29.2 Å². The van der Waals surface area contributed by atoms with Gasteiger partial charge in [0.1, 0.15) is 10.3 Å². The number of rotatable bonds is 6. The lowest BCUT2D eigenvalue weighted by Gasteiger charge is -2.13. The molecule has 0 saturated heterocycles. The minimum atomic E-state index is -0.347. The molecule has 0 fully saturated rings. The summed E-state index contributed by atoms with van der Waals surface area (Å²) in [6, 6.07) is 15.1. The summed E-state index contributed by atoms with van der Waals surface area (Å²) in [5, 5.41) is 0. The van der Waals surface area contributed by atoms with Crippen molar-refractivity contribution in [2.75, 3.05) is 26.2 Å². The topological polar surface area (TPSA) is 67.6 Å². The van der Waals surface area contributed by atoms with Crippen LogP contribution in [0.5, 0.6) is 0 Å². The molecule has 0 spiro atoms. The van der Waals surface area contributed by atoms with Crippen molar-refractivity contribution in [1.82, 2.24) is 23.8 Å². The summed E-state index contributed by atoms with van der Waals surface area (Å²) < 4.78 is 10.9. The molecular weight excluding hydrogens is 511 g/mol. The molecule has 0 amide bonds. The van der Waals surface area contributed by atoms with Gasteiger partial charge in [0, 0.05) is 5.69 Å². The Bertz CT molecular complexity index is 1620. The van der Waals surface area contributed by atoms with Crippen molar-refractivity contribution in [3.05, 3.63) is 62.8 Å². The number of ether oxygens (including phenoxy) is 1. The summed E-state index contributed by atoms with van der Waals surface area (Å²) in [5.41, 5.74) is 4.84. The number of fused-ring (bicyclic) bond motifs is 5. The number of nitrogens with zero attached hydrogens (tertiary/aromatic N) is 4. The molecule has 0 aliphatic heterocycles. The summed E-state index contributed by atoms with van der Waals surface area (Å²) in [6.45, 7) is 12.2. The number of aromatic amines is 1. The second-order valence-corrected chi connectivity index (χ2v) is 9.97. The van der Waals surface area contributed by atoms with Crippen molar-refractivity contribution in [2.24, 2.45) is 0 Å². The number of hydrogen-bond donors (Lipinski definition) is 1. The van der Waals surface area contributed by atoms with Gasteiger partial charge in [-0.25, -0.2) is 4.79 Å². The molecule has 0 aliphatic rings. The van der Waals surface area contributed by atoms with Gasteiger partial charge >= 0.3 is 5.97 Å². The van der Waals surface area contributed by atoms with Crippen LogP contribution in [0.4, 0.5) is 0 Å². The number of imidazole rings is 1. The van der Waals surface area contributed by atoms with Crippen LogP contribution < -0.4 is 0 Å². The molecule has 0 radical (unpaired) electrons. The lowest BCUT2D eigenvalue weighted by atomic mass is 10.2. The zero-order valence-corrected chi connectivity index (χ0v) is 23.2. The Morgan fingerprint density at radius 1 is 1.03 bits per heavy atom. The predicted octanol–water partition coefficient (Wildman–Crippen LogP) is 6.80. The maximum Gasteiger partial charge on any atom is 0.338 e. The van der Waals surface area contributed by atoms with E-state index in [-0.39, 0.29) is 5.97 Å². The van der Waals surface area contributed by atoms with Crippen molar-refractivity contribution in [1.29, 1.82) is 0 Å². The van der Waals surface area contributed by atoms with E-state index in [0.717, 1.165) is 27.1 Å². The fraction of sp³-hybridized carbons (Fsp3) is 0.308. The molecule has 0 bridgehead atoms. The van der Waals surface area contributed by atoms with Crippen molar-refractivity contribution in [2.45, 2.75) is 27.7 Å². The molecule has 7 nitrogen and oxygen atoms in total. The summed E-state index contributed by atoms with van der Waals surface area (Å²) in [4.78, 5) is 22.4. The highest BCUT2D eigenvalue weighted by Crippen LogP contribution is 2.30. The first kappa shape index (κ1) is 26.2. The van der Waals surface area contributed by atoms with Gasteiger partial charge in [-0.15, -0.1) is 0 Å². The van der Waals surface area contributed by atoms with Crippen molar-refractivity contribution in [3.8, 4) is 5.69 Å². The zero-order valence-electron chi connectivity index (χ0n) is 20.8. The van der Waals surface area contributed by atoms with Crippen molar-refractivity contribution in [3.63, 3.8) is 0 Å². The van der Waals surface area contributed by atoms with Gasteiger partial charge in [0.25, 0.3) is 0 Å². The number of H-pyrrole nitrogens is 1. The molecule has 0 aliphatic carbocycles. The largest absolute Gasteiger partial charge is 0.462 e. The Hall–Kier alpha value is -2.92. The second kappa shape index (κ2) is 11.4. The van der Waals surface area contributed by atoms with Crippen LogP contribution in [0.3, 0.4) is 0 Å². The third kappa shape index (κ3) is 4.99. The molecule has 2 aromatic carbocycles. The van der Waals surface area contributed by atoms with Crippen LogP contribution in [-0.2, 0) is 4.74 Å². The SMILES string of the molecule is CCN(CC)CC.CCOC(=O)c1ccc(-n2c(=S)sc3c2nc(=S)n2c4ccccc4[nH]c32)cc1. The minimum absolute atomic E-state index is 0.338. The average Bonchev–Trinajstić information content (AvgIpc) is 3.44. The van der Waals surface area contributed by atoms with Crippen LogP contribution in [0.2, 0.25) is 0 Å². The molecule has 5 rings (SSSR count). The number of benzene rings is 2. The monoisotopic (exact) mass is 539 g/mol. The average molecular weight is 540 g/mol. The van der Waals surface area contributed by atoms with Gasteiger partial charge in [-0.05, 0) is 87.4 Å². The van der Waals surface area contributed by atoms with E-state index in [2.05, 4.69) is 35.6 Å². The molecule has 1 N–H and O–H groups in total. The summed E-state index contributed by atoms with van der Waals surface area (Å²) in [5.74, 6) is -0.347. The number of hydrogen-bond acceptors (Lipinski definition) is 7. The third-order valence-electron chi connectivity index (χ3n) is 5.99. The summed E-state index contributed by atoms with van der Waals surface area (Å²) >= 11 is 12.7. The van der Waals surface area contributed by atoms with Crippen molar-refractivity contribution >= 4 is 68.8 Å². The van der Waals surface area contributed by atoms with E-state index >= 15 is 0 Å². The number of para-hydroxylation sites is 2. The molecule has 0 saturated carbocycles. The van der Waals surface area contributed by atoms with Crippen molar-refractivity contribution < 1.29 is 9.53 Å². The van der Waals surface area contributed by atoms with Crippen LogP contribution in [0.15, 0.2) is 48.5 Å². The van der Waals surface area contributed by atoms with Crippen LogP contribution in [-0.4, -0.2) is 56.0 Å². The number of esters is 1. The van der Waals surface area contributed by atoms with E-state index in [0.29, 0.717) is 26.5 Å². The first-order chi connectivity index (χ1) is 17.4. The maximum absolute atomic E-state index is 11.9. The fourth-order valence-corrected chi connectivity index (χ4v) is 5.70. The second-order valence-electron chi connectivity index (χ2n) is 7.96. The summed E-state index contributed by atoms with van der Waals surface area (Å²) in [6.07, 6.45) is 0. The van der Waals surface area contributed by atoms with E-state index in [1.807, 2.05) is 45.4 Å². The van der Waals surface area contributed by atoms with Crippen LogP contribution in [0.1, 0.15) is 38.1 Å². The highest BCUT2D eigenvalue weighted by molar-refractivity contribution is 7.73. The Balaban J connectivity index is 0.000000384. The Morgan fingerprint density at radius 2 is 1.69 bits per heavy atom. The molecule has 3 aromatic heterocycles. The van der Waals surface area contributed by atoms with Crippen LogP contribution >= 0.6 is 35.8 Å². The number of nitrogens with one attached hydrogen (secondary N) is 1. The molecule has 0 unspecified atom stereocenters. The normalized spacial score (nSPS) is 11.2. The Kier molecular flexibility index (Phi) is 8.30. The molecule has 5 aromatic rings. The minimum Gasteiger partial charge on any atom is -0.462 e. The molecule has 10 heteroatoms. The smallest absolute Gasteiger partial charge is 0.338 e. The molecule has 3 heterocycles. The van der Waals surface area contributed by atoms with E-state index < -0.39 is 0 Å². The number of aromatic nitrogens is 4. The van der Waals surface area contributed by atoms with Gasteiger partial charge in [0.05, 0.1) is 23.2 Å². The van der Waals surface area contributed by atoms with Gasteiger partial charge < -0.3 is 14.6 Å². The molecule has 36 heavy (non-hydrogen) atoms. The maximum atomic E-state index is 11.9. The highest BCUT2D eigenvalue weighted by Gasteiger charge is 2.16. The summed E-state index contributed by atoms with van der Waals surface area (Å²) in [7, 11) is 0. The Morgan fingerprint density at radius 3 is 2.31 bits per heavy atom. The van der Waals surface area contributed by atoms with Gasteiger partial charge in [-0.1, -0.05) is 44.2 Å². The van der Waals surface area contributed by atoms with E-state index in [9.17, 15) is 4.79 Å². The first-order valence-corrected chi connectivity index (χ1v) is 13.6. The standard InChI is InChI=1S/C20H14N4O2S3.C6H15N/c1-2-26-18(25)11-7-9-12(10-8-11)23-17-15(29-20(23)28)16-21-13-5-3-4-6-14(13)24(16)19(27)22-17;1-4-7(5-2)6-3/h3-10,21H,2H2,1H3;4-6H2,1-3H3. The van der Waals surface area contributed by atoms with Gasteiger partial charge in [0.2, 0.25) is 4.77 Å². The number of carbonyl (C=O) groups is 1. The quantitative estimate of drug-likeness (QED) is 0.189. The van der Waals surface area contributed by atoms with E-state index in [1.54, 1.807) is 19.1 Å².